The minimum absolute atomic E-state index is 0.148. The van der Waals surface area contributed by atoms with Crippen molar-refractivity contribution in [3.8, 4) is 11.8 Å². The van der Waals surface area contributed by atoms with Crippen molar-refractivity contribution in [1.82, 2.24) is 9.38 Å². The largest absolute Gasteiger partial charge is 0.506 e. The van der Waals surface area contributed by atoms with E-state index in [0.717, 1.165) is 11.2 Å². The van der Waals surface area contributed by atoms with Crippen LogP contribution < -0.4 is 0 Å². The molecule has 0 unspecified atom stereocenters. The van der Waals surface area contributed by atoms with Gasteiger partial charge in [-0.25, -0.2) is 4.98 Å². The van der Waals surface area contributed by atoms with Crippen LogP contribution in [-0.2, 0) is 0 Å². The van der Waals surface area contributed by atoms with Gasteiger partial charge in [0.2, 0.25) is 0 Å². The van der Waals surface area contributed by atoms with E-state index in [1.54, 1.807) is 17.4 Å². The summed E-state index contributed by atoms with van der Waals surface area (Å²) in [5.41, 5.74) is 3.11. The second kappa shape index (κ2) is 3.22. The second-order valence-electron chi connectivity index (χ2n) is 3.94. The molecule has 2 aromatic heterocycles. The van der Waals surface area contributed by atoms with Gasteiger partial charge in [0.1, 0.15) is 28.5 Å². The molecular weight excluding hydrogens is 214 g/mol. The van der Waals surface area contributed by atoms with Crippen LogP contribution in [0.2, 0.25) is 0 Å². The van der Waals surface area contributed by atoms with Gasteiger partial charge in [0.15, 0.2) is 0 Å². The van der Waals surface area contributed by atoms with Gasteiger partial charge in [-0.15, -0.1) is 0 Å². The van der Waals surface area contributed by atoms with Crippen LogP contribution in [-0.4, -0.2) is 14.5 Å². The van der Waals surface area contributed by atoms with Crippen LogP contribution in [0.4, 0.5) is 0 Å². The number of fused-ring (bicyclic) bond motifs is 3. The Kier molecular flexibility index (Phi) is 1.83. The summed E-state index contributed by atoms with van der Waals surface area (Å²) in [5.74, 6) is 0.148. The van der Waals surface area contributed by atoms with E-state index < -0.39 is 0 Å². The standard InChI is InChI=1S/C13H9N3O/c1-8-6-10(17)13-12(9(8)7-14)15-11-4-2-3-5-16(11)13/h2-6,17H,1H3. The lowest BCUT2D eigenvalue weighted by Crippen LogP contribution is -1.87. The third-order valence-electron chi connectivity index (χ3n) is 2.87. The highest BCUT2D eigenvalue weighted by Gasteiger charge is 2.14. The van der Waals surface area contributed by atoms with Gasteiger partial charge in [0.25, 0.3) is 0 Å². The number of nitriles is 1. The summed E-state index contributed by atoms with van der Waals surface area (Å²) < 4.78 is 1.78. The number of imidazole rings is 1. The van der Waals surface area contributed by atoms with Gasteiger partial charge in [0, 0.05) is 6.20 Å². The molecule has 0 fully saturated rings. The smallest absolute Gasteiger partial charge is 0.142 e. The Bertz CT molecular complexity index is 781. The molecular formula is C13H9N3O. The zero-order chi connectivity index (χ0) is 12.0. The van der Waals surface area contributed by atoms with E-state index in [-0.39, 0.29) is 5.75 Å². The first-order valence-electron chi connectivity index (χ1n) is 5.22. The van der Waals surface area contributed by atoms with Gasteiger partial charge in [-0.1, -0.05) is 6.07 Å². The summed E-state index contributed by atoms with van der Waals surface area (Å²) in [5, 5.41) is 19.1. The van der Waals surface area contributed by atoms with Gasteiger partial charge in [-0.2, -0.15) is 5.26 Å². The van der Waals surface area contributed by atoms with Gasteiger partial charge in [-0.05, 0) is 30.7 Å². The van der Waals surface area contributed by atoms with Crippen LogP contribution >= 0.6 is 0 Å². The third-order valence-corrected chi connectivity index (χ3v) is 2.87. The Morgan fingerprint density at radius 3 is 3.00 bits per heavy atom. The van der Waals surface area contributed by atoms with Crippen molar-refractivity contribution in [2.24, 2.45) is 0 Å². The van der Waals surface area contributed by atoms with Crippen molar-refractivity contribution in [2.45, 2.75) is 6.92 Å². The lowest BCUT2D eigenvalue weighted by atomic mass is 10.1. The van der Waals surface area contributed by atoms with Crippen molar-refractivity contribution in [2.75, 3.05) is 0 Å². The molecule has 0 spiro atoms. The zero-order valence-corrected chi connectivity index (χ0v) is 9.18. The first kappa shape index (κ1) is 9.67. The predicted octanol–water partition coefficient (Wildman–Crippen LogP) is 2.37. The average molecular weight is 223 g/mol. The van der Waals surface area contributed by atoms with E-state index in [4.69, 9.17) is 5.26 Å². The molecule has 17 heavy (non-hydrogen) atoms. The quantitative estimate of drug-likeness (QED) is 0.636. The Morgan fingerprint density at radius 1 is 1.41 bits per heavy atom. The van der Waals surface area contributed by atoms with Gasteiger partial charge in [0.05, 0.1) is 5.56 Å². The van der Waals surface area contributed by atoms with Crippen LogP contribution in [0.15, 0.2) is 30.5 Å². The van der Waals surface area contributed by atoms with E-state index in [2.05, 4.69) is 11.1 Å². The number of rotatable bonds is 0. The SMILES string of the molecule is Cc1cc(O)c2c(nc3ccccn32)c1C#N. The number of hydrogen-bond donors (Lipinski definition) is 1. The van der Waals surface area contributed by atoms with Crippen molar-refractivity contribution in [3.63, 3.8) is 0 Å². The van der Waals surface area contributed by atoms with Crippen molar-refractivity contribution in [1.29, 1.82) is 5.26 Å². The van der Waals surface area contributed by atoms with Crippen molar-refractivity contribution in [3.05, 3.63) is 41.6 Å². The van der Waals surface area contributed by atoms with E-state index in [9.17, 15) is 5.11 Å². The highest BCUT2D eigenvalue weighted by atomic mass is 16.3. The van der Waals surface area contributed by atoms with E-state index >= 15 is 0 Å². The van der Waals surface area contributed by atoms with Gasteiger partial charge >= 0.3 is 0 Å². The third kappa shape index (κ3) is 1.20. The Balaban J connectivity index is 2.65. The molecule has 0 aliphatic rings. The number of phenolic OH excluding ortho intramolecular Hbond substituents is 1. The van der Waals surface area contributed by atoms with Crippen LogP contribution in [0, 0.1) is 18.3 Å². The molecule has 2 heterocycles. The first-order chi connectivity index (χ1) is 8.22. The highest BCUT2D eigenvalue weighted by Crippen LogP contribution is 2.30. The number of aromatic hydroxyl groups is 1. The Labute approximate surface area is 97.4 Å². The molecule has 4 nitrogen and oxygen atoms in total. The molecule has 0 bridgehead atoms. The number of aryl methyl sites for hydroxylation is 1. The summed E-state index contributed by atoms with van der Waals surface area (Å²) in [6, 6.07) is 9.31. The number of nitrogens with zero attached hydrogens (tertiary/aromatic N) is 3. The molecule has 0 atom stereocenters. The lowest BCUT2D eigenvalue weighted by Gasteiger charge is -2.01. The summed E-state index contributed by atoms with van der Waals surface area (Å²) in [6.07, 6.45) is 1.82. The minimum atomic E-state index is 0.148. The molecule has 0 aliphatic carbocycles. The molecule has 3 rings (SSSR count). The summed E-state index contributed by atoms with van der Waals surface area (Å²) >= 11 is 0. The van der Waals surface area contributed by atoms with Crippen molar-refractivity contribution < 1.29 is 5.11 Å². The molecule has 0 saturated heterocycles. The average Bonchev–Trinajstić information content (AvgIpc) is 2.68. The lowest BCUT2D eigenvalue weighted by molar-refractivity contribution is 0.479. The molecule has 0 aliphatic heterocycles. The maximum Gasteiger partial charge on any atom is 0.142 e. The Morgan fingerprint density at radius 2 is 2.24 bits per heavy atom. The number of benzene rings is 1. The molecule has 0 saturated carbocycles. The minimum Gasteiger partial charge on any atom is -0.506 e. The fourth-order valence-corrected chi connectivity index (χ4v) is 2.09. The fraction of sp³-hybridized carbons (Fsp3) is 0.0769. The maximum atomic E-state index is 9.99. The molecule has 1 N–H and O–H groups in total. The van der Waals surface area contributed by atoms with E-state index in [0.29, 0.717) is 16.6 Å². The van der Waals surface area contributed by atoms with Crippen LogP contribution in [0.1, 0.15) is 11.1 Å². The topological polar surface area (TPSA) is 61.3 Å². The summed E-state index contributed by atoms with van der Waals surface area (Å²) in [7, 11) is 0. The summed E-state index contributed by atoms with van der Waals surface area (Å²) in [6.45, 7) is 1.79. The molecule has 0 radical (unpaired) electrons. The van der Waals surface area contributed by atoms with E-state index in [1.807, 2.05) is 24.4 Å². The second-order valence-corrected chi connectivity index (χ2v) is 3.94. The number of aromatic nitrogens is 2. The van der Waals surface area contributed by atoms with Crippen LogP contribution in [0.3, 0.4) is 0 Å². The first-order valence-corrected chi connectivity index (χ1v) is 5.22. The zero-order valence-electron chi connectivity index (χ0n) is 9.18. The number of pyridine rings is 1. The molecule has 82 valence electrons. The Hall–Kier alpha value is -2.54. The van der Waals surface area contributed by atoms with Gasteiger partial charge in [-0.3, -0.25) is 4.40 Å². The van der Waals surface area contributed by atoms with Crippen molar-refractivity contribution >= 4 is 16.7 Å². The van der Waals surface area contributed by atoms with Gasteiger partial charge < -0.3 is 5.11 Å². The fourth-order valence-electron chi connectivity index (χ4n) is 2.09. The summed E-state index contributed by atoms with van der Waals surface area (Å²) in [4.78, 5) is 4.39. The molecule has 3 aromatic rings. The van der Waals surface area contributed by atoms with Crippen LogP contribution in [0.5, 0.6) is 5.75 Å². The van der Waals surface area contributed by atoms with Crippen LogP contribution in [0.25, 0.3) is 16.7 Å². The number of phenols is 1. The monoisotopic (exact) mass is 223 g/mol. The van der Waals surface area contributed by atoms with E-state index in [1.165, 1.54) is 0 Å². The normalized spacial score (nSPS) is 10.8. The number of hydrogen-bond acceptors (Lipinski definition) is 3. The molecule has 4 heteroatoms. The highest BCUT2D eigenvalue weighted by molar-refractivity contribution is 5.91. The maximum absolute atomic E-state index is 9.99. The molecule has 1 aromatic carbocycles. The predicted molar refractivity (Wildman–Crippen MR) is 63.8 cm³/mol. The molecule has 0 amide bonds.